The first-order valence-electron chi connectivity index (χ1n) is 17.5. The molecule has 4 heterocycles. The second-order valence-corrected chi connectivity index (χ2v) is 14.2. The van der Waals surface area contributed by atoms with Gasteiger partial charge in [-0.25, -0.2) is 9.97 Å². The minimum Gasteiger partial charge on any atom is -0.439 e. The summed E-state index contributed by atoms with van der Waals surface area (Å²) in [5, 5.41) is 7.05. The van der Waals surface area contributed by atoms with Crippen LogP contribution in [0.5, 0.6) is 0 Å². The zero-order valence-electron chi connectivity index (χ0n) is 28.2. The Labute approximate surface area is 294 Å². The molecular formula is C47H31N3O. The number of furan rings is 1. The lowest BCUT2D eigenvalue weighted by molar-refractivity contribution is 0.612. The van der Waals surface area contributed by atoms with Gasteiger partial charge in [-0.1, -0.05) is 129 Å². The van der Waals surface area contributed by atoms with Gasteiger partial charge in [0, 0.05) is 32.7 Å². The number of para-hydroxylation sites is 3. The highest BCUT2D eigenvalue weighted by molar-refractivity contribution is 6.21. The van der Waals surface area contributed by atoms with Gasteiger partial charge in [0.2, 0.25) is 5.71 Å². The van der Waals surface area contributed by atoms with Gasteiger partial charge in [0.1, 0.15) is 5.58 Å². The fourth-order valence-corrected chi connectivity index (χ4v) is 8.52. The van der Waals surface area contributed by atoms with Crippen LogP contribution in [0.3, 0.4) is 0 Å². The molecule has 0 amide bonds. The summed E-state index contributed by atoms with van der Waals surface area (Å²) in [7, 11) is 0. The van der Waals surface area contributed by atoms with Crippen LogP contribution >= 0.6 is 0 Å². The zero-order valence-corrected chi connectivity index (χ0v) is 28.2. The van der Waals surface area contributed by atoms with Crippen LogP contribution in [-0.2, 0) is 5.41 Å². The molecule has 0 atom stereocenters. The van der Waals surface area contributed by atoms with E-state index in [9.17, 15) is 0 Å². The molecule has 1 aliphatic rings. The van der Waals surface area contributed by atoms with E-state index in [4.69, 9.17) is 14.4 Å². The van der Waals surface area contributed by atoms with Gasteiger partial charge in [-0.2, -0.15) is 0 Å². The van der Waals surface area contributed by atoms with E-state index < -0.39 is 0 Å². The lowest BCUT2D eigenvalue weighted by Gasteiger charge is -2.34. The fourth-order valence-electron chi connectivity index (χ4n) is 8.52. The molecule has 240 valence electrons. The second-order valence-electron chi connectivity index (χ2n) is 14.2. The van der Waals surface area contributed by atoms with Crippen molar-refractivity contribution in [3.05, 3.63) is 163 Å². The summed E-state index contributed by atoms with van der Waals surface area (Å²) in [6.45, 7) is 4.65. The molecule has 3 aromatic heterocycles. The number of hydrogen-bond donors (Lipinski definition) is 0. The molecule has 0 radical (unpaired) electrons. The topological polar surface area (TPSA) is 43.9 Å². The molecule has 11 rings (SSSR count). The molecule has 4 heteroatoms. The van der Waals surface area contributed by atoms with Crippen molar-refractivity contribution in [1.29, 1.82) is 0 Å². The molecule has 0 bridgehead atoms. The largest absolute Gasteiger partial charge is 0.439 e. The summed E-state index contributed by atoms with van der Waals surface area (Å²) in [5.41, 5.74) is 12.7. The SMILES string of the molecule is CC1(C)c2cc(-c3nc(-c4cccc(-c5cccc6ccccc56)c4)c4ccccc4n3)ccc2-n2c3oc4ccccc4c3c3cccc1c32. The van der Waals surface area contributed by atoms with Crippen molar-refractivity contribution < 1.29 is 4.42 Å². The van der Waals surface area contributed by atoms with Crippen LogP contribution in [0.25, 0.3) is 94.1 Å². The minimum absolute atomic E-state index is 0.265. The van der Waals surface area contributed by atoms with Crippen molar-refractivity contribution in [3.8, 4) is 39.5 Å². The Morgan fingerprint density at radius 1 is 0.549 bits per heavy atom. The third-order valence-electron chi connectivity index (χ3n) is 11.0. The van der Waals surface area contributed by atoms with E-state index in [2.05, 4.69) is 164 Å². The predicted octanol–water partition coefficient (Wildman–Crippen LogP) is 12.3. The van der Waals surface area contributed by atoms with Gasteiger partial charge in [0.15, 0.2) is 5.82 Å². The minimum atomic E-state index is -0.265. The molecule has 1 aliphatic heterocycles. The van der Waals surface area contributed by atoms with Crippen LogP contribution in [0, 0.1) is 0 Å². The lowest BCUT2D eigenvalue weighted by atomic mass is 9.74. The molecular weight excluding hydrogens is 623 g/mol. The molecule has 0 saturated carbocycles. The van der Waals surface area contributed by atoms with E-state index in [1.807, 2.05) is 6.07 Å². The van der Waals surface area contributed by atoms with Gasteiger partial charge in [-0.15, -0.1) is 0 Å². The standard InChI is InChI=1S/C47H31N3O/c1-47(2)37-21-11-20-36-42-35-18-6-8-23-41(35)51-46(42)50(44(36)37)40-25-24-31(27-38(40)47)45-48-39-22-7-5-17-34(39)43(49-45)30-15-9-14-29(26-30)33-19-10-13-28-12-3-4-16-32(28)33/h3-27H,1-2H3. The van der Waals surface area contributed by atoms with Crippen molar-refractivity contribution in [3.63, 3.8) is 0 Å². The van der Waals surface area contributed by atoms with Crippen LogP contribution in [0.4, 0.5) is 0 Å². The van der Waals surface area contributed by atoms with Gasteiger partial charge < -0.3 is 4.42 Å². The van der Waals surface area contributed by atoms with Crippen LogP contribution < -0.4 is 0 Å². The average Bonchev–Trinajstić information content (AvgIpc) is 3.71. The van der Waals surface area contributed by atoms with Crippen molar-refractivity contribution in [2.24, 2.45) is 0 Å². The first kappa shape index (κ1) is 28.3. The van der Waals surface area contributed by atoms with Gasteiger partial charge in [-0.05, 0) is 69.4 Å². The first-order chi connectivity index (χ1) is 25.0. The molecule has 0 spiro atoms. The third-order valence-corrected chi connectivity index (χ3v) is 11.0. The molecule has 51 heavy (non-hydrogen) atoms. The highest BCUT2D eigenvalue weighted by Gasteiger charge is 2.36. The van der Waals surface area contributed by atoms with E-state index in [1.54, 1.807) is 0 Å². The molecule has 10 aromatic rings. The summed E-state index contributed by atoms with van der Waals surface area (Å²) in [5.74, 6) is 0.711. The maximum absolute atomic E-state index is 6.60. The van der Waals surface area contributed by atoms with Crippen molar-refractivity contribution in [1.82, 2.24) is 14.5 Å². The number of hydrogen-bond acceptors (Lipinski definition) is 3. The Kier molecular flexibility index (Phi) is 5.70. The fraction of sp³-hybridized carbons (Fsp3) is 0.0638. The second kappa shape index (κ2) is 10.3. The van der Waals surface area contributed by atoms with Gasteiger partial charge in [-0.3, -0.25) is 4.57 Å². The highest BCUT2D eigenvalue weighted by Crippen LogP contribution is 2.50. The average molecular weight is 654 g/mol. The Balaban J connectivity index is 1.11. The molecule has 0 unspecified atom stereocenters. The van der Waals surface area contributed by atoms with E-state index in [1.165, 1.54) is 43.8 Å². The summed E-state index contributed by atoms with van der Waals surface area (Å²) in [6, 6.07) is 53.9. The number of aromatic nitrogens is 3. The first-order valence-corrected chi connectivity index (χ1v) is 17.5. The van der Waals surface area contributed by atoms with Gasteiger partial charge in [0.25, 0.3) is 0 Å². The summed E-state index contributed by atoms with van der Waals surface area (Å²) < 4.78 is 8.93. The number of benzene rings is 7. The van der Waals surface area contributed by atoms with Crippen molar-refractivity contribution >= 4 is 54.6 Å². The third kappa shape index (κ3) is 3.96. The molecule has 4 nitrogen and oxygen atoms in total. The summed E-state index contributed by atoms with van der Waals surface area (Å²) >= 11 is 0. The van der Waals surface area contributed by atoms with Crippen LogP contribution in [0.2, 0.25) is 0 Å². The number of rotatable bonds is 3. The summed E-state index contributed by atoms with van der Waals surface area (Å²) in [4.78, 5) is 10.5. The van der Waals surface area contributed by atoms with E-state index in [0.717, 1.165) is 55.7 Å². The predicted molar refractivity (Wildman–Crippen MR) is 210 cm³/mol. The Morgan fingerprint density at radius 2 is 1.27 bits per heavy atom. The highest BCUT2D eigenvalue weighted by atomic mass is 16.3. The van der Waals surface area contributed by atoms with Gasteiger partial charge >= 0.3 is 0 Å². The molecule has 0 saturated heterocycles. The zero-order chi connectivity index (χ0) is 33.8. The molecule has 7 aromatic carbocycles. The molecule has 0 fully saturated rings. The monoisotopic (exact) mass is 653 g/mol. The lowest BCUT2D eigenvalue weighted by Crippen LogP contribution is -2.26. The number of nitrogens with zero attached hydrogens (tertiary/aromatic N) is 3. The Morgan fingerprint density at radius 3 is 2.20 bits per heavy atom. The Hall–Kier alpha value is -6.52. The Bertz CT molecular complexity index is 3070. The van der Waals surface area contributed by atoms with Crippen LogP contribution in [0.1, 0.15) is 25.0 Å². The van der Waals surface area contributed by atoms with Crippen molar-refractivity contribution in [2.45, 2.75) is 19.3 Å². The van der Waals surface area contributed by atoms with E-state index in [0.29, 0.717) is 5.82 Å². The quantitative estimate of drug-likeness (QED) is 0.191. The number of fused-ring (bicyclic) bond motifs is 9. The van der Waals surface area contributed by atoms with Crippen LogP contribution in [0.15, 0.2) is 156 Å². The van der Waals surface area contributed by atoms with E-state index in [-0.39, 0.29) is 5.41 Å². The maximum Gasteiger partial charge on any atom is 0.213 e. The van der Waals surface area contributed by atoms with E-state index >= 15 is 0 Å². The van der Waals surface area contributed by atoms with Gasteiger partial charge in [0.05, 0.1) is 27.8 Å². The smallest absolute Gasteiger partial charge is 0.213 e. The van der Waals surface area contributed by atoms with Crippen molar-refractivity contribution in [2.75, 3.05) is 0 Å². The maximum atomic E-state index is 6.60. The normalized spacial score (nSPS) is 13.5. The molecule has 0 N–H and O–H groups in total. The molecule has 0 aliphatic carbocycles. The summed E-state index contributed by atoms with van der Waals surface area (Å²) in [6.07, 6.45) is 0. The van der Waals surface area contributed by atoms with Crippen LogP contribution in [-0.4, -0.2) is 14.5 Å².